The van der Waals surface area contributed by atoms with E-state index in [1.165, 1.54) is 5.57 Å². The number of amides is 2. The van der Waals surface area contributed by atoms with Gasteiger partial charge in [-0.3, -0.25) is 4.79 Å². The number of carbonyl (C=O) groups is 2. The molecule has 2 rings (SSSR count). The van der Waals surface area contributed by atoms with E-state index in [1.54, 1.807) is 19.0 Å². The molecule has 1 aliphatic heterocycles. The van der Waals surface area contributed by atoms with Crippen molar-refractivity contribution in [1.82, 2.24) is 9.80 Å². The Morgan fingerprint density at radius 2 is 2.06 bits per heavy atom. The highest BCUT2D eigenvalue weighted by Gasteiger charge is 2.42. The number of urea groups is 1. The van der Waals surface area contributed by atoms with Crippen molar-refractivity contribution < 1.29 is 9.59 Å². The van der Waals surface area contributed by atoms with Crippen molar-refractivity contribution >= 4 is 11.8 Å². The minimum atomic E-state index is 0.0546. The summed E-state index contributed by atoms with van der Waals surface area (Å²) in [7, 11) is 3.55. The standard InChI is InChI=1S/C13H20N2O2/c1-8-7-11(16)9(2)10-5-6-15(12(8)10)13(17)14(3)4/h8,12H,5-7H2,1-4H3/t8-,12+/m0/s1. The minimum absolute atomic E-state index is 0.0546. The average Bonchev–Trinajstić information content (AvgIpc) is 2.69. The summed E-state index contributed by atoms with van der Waals surface area (Å²) in [4.78, 5) is 27.4. The van der Waals surface area contributed by atoms with Gasteiger partial charge in [-0.2, -0.15) is 0 Å². The van der Waals surface area contributed by atoms with Crippen LogP contribution in [-0.4, -0.2) is 48.3 Å². The molecule has 2 atom stereocenters. The number of likely N-dealkylation sites (tertiary alicyclic amines) is 1. The van der Waals surface area contributed by atoms with Crippen molar-refractivity contribution in [1.29, 1.82) is 0 Å². The number of allylic oxidation sites excluding steroid dienone is 1. The molecule has 4 nitrogen and oxygen atoms in total. The van der Waals surface area contributed by atoms with Gasteiger partial charge in [0.25, 0.3) is 0 Å². The van der Waals surface area contributed by atoms with Gasteiger partial charge in [-0.1, -0.05) is 6.92 Å². The van der Waals surface area contributed by atoms with Crippen LogP contribution in [0, 0.1) is 5.92 Å². The summed E-state index contributed by atoms with van der Waals surface area (Å²) in [6.45, 7) is 4.71. The number of rotatable bonds is 0. The molecular weight excluding hydrogens is 216 g/mol. The third kappa shape index (κ3) is 1.85. The van der Waals surface area contributed by atoms with Gasteiger partial charge in [0.05, 0.1) is 6.04 Å². The van der Waals surface area contributed by atoms with Crippen LogP contribution >= 0.6 is 0 Å². The zero-order chi connectivity index (χ0) is 12.7. The third-order valence-corrected chi connectivity index (χ3v) is 3.89. The van der Waals surface area contributed by atoms with Crippen molar-refractivity contribution in [3.05, 3.63) is 11.1 Å². The number of fused-ring (bicyclic) bond motifs is 1. The molecule has 0 aromatic rings. The first-order valence-electron chi connectivity index (χ1n) is 6.14. The predicted octanol–water partition coefficient (Wildman–Crippen LogP) is 1.67. The van der Waals surface area contributed by atoms with Crippen LogP contribution in [0.15, 0.2) is 11.1 Å². The largest absolute Gasteiger partial charge is 0.331 e. The second-order valence-electron chi connectivity index (χ2n) is 5.32. The van der Waals surface area contributed by atoms with Crippen molar-refractivity contribution in [2.75, 3.05) is 20.6 Å². The smallest absolute Gasteiger partial charge is 0.320 e. The monoisotopic (exact) mass is 236 g/mol. The van der Waals surface area contributed by atoms with Crippen LogP contribution in [0.1, 0.15) is 26.7 Å². The first-order valence-corrected chi connectivity index (χ1v) is 6.14. The number of hydrogen-bond donors (Lipinski definition) is 0. The molecule has 2 aliphatic rings. The molecule has 1 fully saturated rings. The molecule has 1 aliphatic carbocycles. The van der Waals surface area contributed by atoms with Crippen LogP contribution in [0.2, 0.25) is 0 Å². The van der Waals surface area contributed by atoms with E-state index < -0.39 is 0 Å². The van der Waals surface area contributed by atoms with E-state index in [4.69, 9.17) is 0 Å². The second kappa shape index (κ2) is 4.17. The summed E-state index contributed by atoms with van der Waals surface area (Å²) in [5, 5.41) is 0. The molecule has 17 heavy (non-hydrogen) atoms. The first kappa shape index (κ1) is 12.1. The first-order chi connectivity index (χ1) is 7.93. The van der Waals surface area contributed by atoms with Crippen molar-refractivity contribution in [2.24, 2.45) is 5.92 Å². The molecule has 0 saturated carbocycles. The summed E-state index contributed by atoms with van der Waals surface area (Å²) in [5.41, 5.74) is 2.08. The Kier molecular flexibility index (Phi) is 2.98. The maximum absolute atomic E-state index is 12.1. The summed E-state index contributed by atoms with van der Waals surface area (Å²) in [6.07, 6.45) is 1.42. The SMILES string of the molecule is CC1=C2CCN(C(=O)N(C)C)[C@@H]2[C@@H](C)CC1=O. The Labute approximate surface area is 102 Å². The second-order valence-corrected chi connectivity index (χ2v) is 5.32. The Morgan fingerprint density at radius 3 is 2.65 bits per heavy atom. The van der Waals surface area contributed by atoms with E-state index in [0.29, 0.717) is 6.42 Å². The van der Waals surface area contributed by atoms with Gasteiger partial charge < -0.3 is 9.80 Å². The fourth-order valence-electron chi connectivity index (χ4n) is 2.98. The molecule has 2 amide bonds. The zero-order valence-corrected chi connectivity index (χ0v) is 11.0. The lowest BCUT2D eigenvalue weighted by Gasteiger charge is -2.35. The highest BCUT2D eigenvalue weighted by molar-refractivity contribution is 5.97. The molecule has 94 valence electrons. The van der Waals surface area contributed by atoms with E-state index in [9.17, 15) is 9.59 Å². The van der Waals surface area contributed by atoms with Crippen molar-refractivity contribution in [2.45, 2.75) is 32.7 Å². The van der Waals surface area contributed by atoms with Gasteiger partial charge in [-0.15, -0.1) is 0 Å². The molecule has 1 saturated heterocycles. The minimum Gasteiger partial charge on any atom is -0.331 e. The quantitative estimate of drug-likeness (QED) is 0.642. The molecule has 0 radical (unpaired) electrons. The van der Waals surface area contributed by atoms with Gasteiger partial charge in [0.1, 0.15) is 0 Å². The van der Waals surface area contributed by atoms with Gasteiger partial charge in [0, 0.05) is 27.1 Å². The normalized spacial score (nSPS) is 28.5. The summed E-state index contributed by atoms with van der Waals surface area (Å²) in [5.74, 6) is 0.496. The van der Waals surface area contributed by atoms with E-state index in [0.717, 1.165) is 18.5 Å². The maximum atomic E-state index is 12.1. The average molecular weight is 236 g/mol. The molecule has 0 unspecified atom stereocenters. The van der Waals surface area contributed by atoms with Crippen LogP contribution in [0.3, 0.4) is 0 Å². The molecule has 0 spiro atoms. The molecule has 0 aromatic heterocycles. The summed E-state index contributed by atoms with van der Waals surface area (Å²) < 4.78 is 0. The van der Waals surface area contributed by atoms with Gasteiger partial charge >= 0.3 is 6.03 Å². The number of ketones is 1. The Hall–Kier alpha value is -1.32. The fraction of sp³-hybridized carbons (Fsp3) is 0.692. The summed E-state index contributed by atoms with van der Waals surface area (Å²) in [6, 6.07) is 0.196. The lowest BCUT2D eigenvalue weighted by Crippen LogP contribution is -2.46. The van der Waals surface area contributed by atoms with Crippen LogP contribution < -0.4 is 0 Å². The van der Waals surface area contributed by atoms with Gasteiger partial charge in [0.2, 0.25) is 0 Å². The van der Waals surface area contributed by atoms with Gasteiger partial charge in [0.15, 0.2) is 5.78 Å². The predicted molar refractivity (Wildman–Crippen MR) is 65.7 cm³/mol. The topological polar surface area (TPSA) is 40.6 Å². The van der Waals surface area contributed by atoms with Crippen LogP contribution in [0.5, 0.6) is 0 Å². The maximum Gasteiger partial charge on any atom is 0.320 e. The van der Waals surface area contributed by atoms with Gasteiger partial charge in [-0.05, 0) is 30.4 Å². The molecule has 0 bridgehead atoms. The van der Waals surface area contributed by atoms with Crippen LogP contribution in [0.4, 0.5) is 4.79 Å². The lowest BCUT2D eigenvalue weighted by atomic mass is 9.81. The van der Waals surface area contributed by atoms with E-state index in [-0.39, 0.29) is 23.8 Å². The number of Topliss-reactive ketones (excluding diaryl/α,β-unsaturated/α-hetero) is 1. The Bertz CT molecular complexity index is 398. The van der Waals surface area contributed by atoms with Crippen LogP contribution in [0.25, 0.3) is 0 Å². The van der Waals surface area contributed by atoms with Gasteiger partial charge in [-0.25, -0.2) is 4.79 Å². The highest BCUT2D eigenvalue weighted by Crippen LogP contribution is 2.37. The number of hydrogen-bond acceptors (Lipinski definition) is 2. The van der Waals surface area contributed by atoms with Crippen molar-refractivity contribution in [3.63, 3.8) is 0 Å². The van der Waals surface area contributed by atoms with Crippen LogP contribution in [-0.2, 0) is 4.79 Å². The molecule has 4 heteroatoms. The summed E-state index contributed by atoms with van der Waals surface area (Å²) >= 11 is 0. The Balaban J connectivity index is 2.33. The van der Waals surface area contributed by atoms with E-state index in [2.05, 4.69) is 6.92 Å². The zero-order valence-electron chi connectivity index (χ0n) is 11.0. The fourth-order valence-corrected chi connectivity index (χ4v) is 2.98. The lowest BCUT2D eigenvalue weighted by molar-refractivity contribution is -0.117. The Morgan fingerprint density at radius 1 is 1.41 bits per heavy atom. The number of carbonyl (C=O) groups excluding carboxylic acids is 2. The van der Waals surface area contributed by atoms with Crippen molar-refractivity contribution in [3.8, 4) is 0 Å². The molecule has 0 aromatic carbocycles. The number of nitrogens with zero attached hydrogens (tertiary/aromatic N) is 2. The van der Waals surface area contributed by atoms with E-state index in [1.807, 2.05) is 11.8 Å². The molecule has 1 heterocycles. The third-order valence-electron chi connectivity index (χ3n) is 3.89. The molecule has 0 N–H and O–H groups in total. The molecular formula is C13H20N2O2. The highest BCUT2D eigenvalue weighted by atomic mass is 16.2. The van der Waals surface area contributed by atoms with E-state index >= 15 is 0 Å².